The highest BCUT2D eigenvalue weighted by Gasteiger charge is 2.46. The van der Waals surface area contributed by atoms with Gasteiger partial charge >= 0.3 is 12.1 Å². The Labute approximate surface area is 150 Å². The fourth-order valence-electron chi connectivity index (χ4n) is 3.82. The van der Waals surface area contributed by atoms with Gasteiger partial charge in [0.15, 0.2) is 0 Å². The number of carbonyl (C=O) groups excluding carboxylic acids is 1. The maximum atomic E-state index is 12.7. The van der Waals surface area contributed by atoms with Crippen LogP contribution in [0.3, 0.4) is 0 Å². The van der Waals surface area contributed by atoms with Gasteiger partial charge in [-0.25, -0.2) is 0 Å². The number of amides is 1. The SMILES string of the molecule is O=C(O)CC[C@@H]1CCCN(C(=O)[C@@H]2C[C@H]2c2ccc(C(F)(F)F)cc2)C1. The van der Waals surface area contributed by atoms with Crippen molar-refractivity contribution in [2.75, 3.05) is 13.1 Å². The summed E-state index contributed by atoms with van der Waals surface area (Å²) >= 11 is 0. The molecule has 3 rings (SSSR count). The first-order chi connectivity index (χ1) is 12.3. The molecular formula is C19H22F3NO3. The predicted molar refractivity (Wildman–Crippen MR) is 88.5 cm³/mol. The molecule has 1 saturated carbocycles. The summed E-state index contributed by atoms with van der Waals surface area (Å²) in [4.78, 5) is 25.2. The molecule has 2 fully saturated rings. The van der Waals surface area contributed by atoms with E-state index >= 15 is 0 Å². The third-order valence-electron chi connectivity index (χ3n) is 5.37. The van der Waals surface area contributed by atoms with Gasteiger partial charge in [0, 0.05) is 25.4 Å². The highest BCUT2D eigenvalue weighted by molar-refractivity contribution is 5.83. The van der Waals surface area contributed by atoms with Gasteiger partial charge in [-0.15, -0.1) is 0 Å². The molecule has 3 atom stereocenters. The van der Waals surface area contributed by atoms with Gasteiger partial charge in [-0.3, -0.25) is 9.59 Å². The molecule has 1 aromatic carbocycles. The molecule has 1 heterocycles. The number of carbonyl (C=O) groups is 2. The van der Waals surface area contributed by atoms with Crippen molar-refractivity contribution in [3.8, 4) is 0 Å². The summed E-state index contributed by atoms with van der Waals surface area (Å²) in [5.74, 6) is -0.728. The summed E-state index contributed by atoms with van der Waals surface area (Å²) in [6.07, 6.45) is -1.19. The normalized spacial score (nSPS) is 25.8. The summed E-state index contributed by atoms with van der Waals surface area (Å²) in [5, 5.41) is 8.80. The van der Waals surface area contributed by atoms with E-state index in [0.717, 1.165) is 30.5 Å². The van der Waals surface area contributed by atoms with Crippen molar-refractivity contribution in [2.45, 2.75) is 44.2 Å². The minimum atomic E-state index is -4.35. The highest BCUT2D eigenvalue weighted by atomic mass is 19.4. The van der Waals surface area contributed by atoms with Crippen LogP contribution in [0.25, 0.3) is 0 Å². The Hall–Kier alpha value is -2.05. The number of rotatable bonds is 5. The zero-order valence-corrected chi connectivity index (χ0v) is 14.3. The van der Waals surface area contributed by atoms with E-state index in [-0.39, 0.29) is 30.1 Å². The van der Waals surface area contributed by atoms with E-state index in [1.54, 1.807) is 0 Å². The Morgan fingerprint density at radius 3 is 2.50 bits per heavy atom. The summed E-state index contributed by atoms with van der Waals surface area (Å²) in [6, 6.07) is 5.06. The number of carboxylic acid groups (broad SMARTS) is 1. The van der Waals surface area contributed by atoms with Crippen molar-refractivity contribution in [3.05, 3.63) is 35.4 Å². The summed E-state index contributed by atoms with van der Waals surface area (Å²) in [7, 11) is 0. The van der Waals surface area contributed by atoms with Crippen LogP contribution < -0.4 is 0 Å². The first-order valence-corrected chi connectivity index (χ1v) is 8.93. The van der Waals surface area contributed by atoms with E-state index in [0.29, 0.717) is 25.9 Å². The Morgan fingerprint density at radius 2 is 1.88 bits per heavy atom. The van der Waals surface area contributed by atoms with Gasteiger partial charge < -0.3 is 10.0 Å². The minimum absolute atomic E-state index is 0.0100. The standard InChI is InChI=1S/C19H22F3NO3/c20-19(21,22)14-6-4-13(5-7-14)15-10-16(15)18(26)23-9-1-2-12(11-23)3-8-17(24)25/h4-7,12,15-16H,1-3,8-11H2,(H,24,25)/t12-,15-,16+/m0/s1. The molecule has 4 nitrogen and oxygen atoms in total. The van der Waals surface area contributed by atoms with Crippen LogP contribution in [0.15, 0.2) is 24.3 Å². The van der Waals surface area contributed by atoms with Crippen molar-refractivity contribution in [2.24, 2.45) is 11.8 Å². The average Bonchev–Trinajstić information content (AvgIpc) is 3.39. The van der Waals surface area contributed by atoms with Gasteiger partial charge in [0.25, 0.3) is 0 Å². The van der Waals surface area contributed by atoms with E-state index < -0.39 is 17.7 Å². The van der Waals surface area contributed by atoms with Gasteiger partial charge in [-0.1, -0.05) is 12.1 Å². The molecule has 1 amide bonds. The zero-order chi connectivity index (χ0) is 18.9. The minimum Gasteiger partial charge on any atom is -0.481 e. The Balaban J connectivity index is 1.56. The number of likely N-dealkylation sites (tertiary alicyclic amines) is 1. The van der Waals surface area contributed by atoms with E-state index in [1.807, 2.05) is 4.90 Å². The molecule has 0 spiro atoms. The van der Waals surface area contributed by atoms with Crippen LogP contribution in [-0.4, -0.2) is 35.0 Å². The van der Waals surface area contributed by atoms with Crippen LogP contribution in [0, 0.1) is 11.8 Å². The Bertz CT molecular complexity index is 672. The number of hydrogen-bond donors (Lipinski definition) is 1. The molecule has 1 aliphatic carbocycles. The smallest absolute Gasteiger partial charge is 0.416 e. The topological polar surface area (TPSA) is 57.6 Å². The largest absolute Gasteiger partial charge is 0.481 e. The lowest BCUT2D eigenvalue weighted by molar-refractivity contribution is -0.138. The van der Waals surface area contributed by atoms with E-state index in [1.165, 1.54) is 12.1 Å². The summed E-state index contributed by atoms with van der Waals surface area (Å²) < 4.78 is 37.9. The molecule has 7 heteroatoms. The number of alkyl halides is 3. The lowest BCUT2D eigenvalue weighted by Crippen LogP contribution is -2.41. The average molecular weight is 369 g/mol. The fraction of sp³-hybridized carbons (Fsp3) is 0.579. The van der Waals surface area contributed by atoms with Crippen molar-refractivity contribution < 1.29 is 27.9 Å². The third kappa shape index (κ3) is 4.37. The molecule has 0 bridgehead atoms. The molecule has 1 aliphatic heterocycles. The second-order valence-corrected chi connectivity index (χ2v) is 7.29. The van der Waals surface area contributed by atoms with Gasteiger partial charge in [0.1, 0.15) is 0 Å². The number of halogens is 3. The Morgan fingerprint density at radius 1 is 1.19 bits per heavy atom. The monoisotopic (exact) mass is 369 g/mol. The van der Waals surface area contributed by atoms with Gasteiger partial charge in [-0.2, -0.15) is 13.2 Å². The molecule has 26 heavy (non-hydrogen) atoms. The number of benzene rings is 1. The maximum absolute atomic E-state index is 12.7. The van der Waals surface area contributed by atoms with Crippen molar-refractivity contribution in [1.82, 2.24) is 4.90 Å². The summed E-state index contributed by atoms with van der Waals surface area (Å²) in [6.45, 7) is 1.26. The fourth-order valence-corrected chi connectivity index (χ4v) is 3.82. The van der Waals surface area contributed by atoms with Crippen LogP contribution in [0.1, 0.15) is 49.1 Å². The Kier molecular flexibility index (Phi) is 5.25. The van der Waals surface area contributed by atoms with Crippen LogP contribution in [-0.2, 0) is 15.8 Å². The van der Waals surface area contributed by atoms with E-state index in [4.69, 9.17) is 5.11 Å². The first kappa shape index (κ1) is 18.7. The van der Waals surface area contributed by atoms with Crippen LogP contribution >= 0.6 is 0 Å². The predicted octanol–water partition coefficient (Wildman–Crippen LogP) is 3.91. The number of piperidine rings is 1. The lowest BCUT2D eigenvalue weighted by atomic mass is 9.93. The highest BCUT2D eigenvalue weighted by Crippen LogP contribution is 2.49. The molecule has 1 aromatic rings. The molecular weight excluding hydrogens is 347 g/mol. The lowest BCUT2D eigenvalue weighted by Gasteiger charge is -2.33. The third-order valence-corrected chi connectivity index (χ3v) is 5.37. The molecule has 2 aliphatic rings. The van der Waals surface area contributed by atoms with Crippen molar-refractivity contribution >= 4 is 11.9 Å². The number of nitrogens with zero attached hydrogens (tertiary/aromatic N) is 1. The van der Waals surface area contributed by atoms with Gasteiger partial charge in [0.2, 0.25) is 5.91 Å². The molecule has 1 saturated heterocycles. The quantitative estimate of drug-likeness (QED) is 0.856. The number of carboxylic acids is 1. The van der Waals surface area contributed by atoms with E-state index in [2.05, 4.69) is 0 Å². The first-order valence-electron chi connectivity index (χ1n) is 8.93. The van der Waals surface area contributed by atoms with Gasteiger partial charge in [0.05, 0.1) is 5.56 Å². The van der Waals surface area contributed by atoms with Crippen molar-refractivity contribution in [3.63, 3.8) is 0 Å². The second kappa shape index (κ2) is 7.29. The van der Waals surface area contributed by atoms with Gasteiger partial charge in [-0.05, 0) is 55.2 Å². The van der Waals surface area contributed by atoms with E-state index in [9.17, 15) is 22.8 Å². The van der Waals surface area contributed by atoms with Crippen LogP contribution in [0.4, 0.5) is 13.2 Å². The molecule has 0 aromatic heterocycles. The van der Waals surface area contributed by atoms with Crippen molar-refractivity contribution in [1.29, 1.82) is 0 Å². The second-order valence-electron chi connectivity index (χ2n) is 7.29. The molecule has 0 unspecified atom stereocenters. The number of aliphatic carboxylic acids is 1. The van der Waals surface area contributed by atoms with Crippen LogP contribution in [0.2, 0.25) is 0 Å². The molecule has 142 valence electrons. The summed E-state index contributed by atoms with van der Waals surface area (Å²) in [5.41, 5.74) is 0.0952. The molecule has 1 N–H and O–H groups in total. The molecule has 0 radical (unpaired) electrons. The maximum Gasteiger partial charge on any atom is 0.416 e. The zero-order valence-electron chi connectivity index (χ0n) is 14.3. The van der Waals surface area contributed by atoms with Crippen LogP contribution in [0.5, 0.6) is 0 Å². The number of hydrogen-bond acceptors (Lipinski definition) is 2.